The SMILES string of the molecule is CCOc1cc2occ(C)c2cc1/C(C)=C/C(=O)Nc1ccccn1. The number of allylic oxidation sites excluding steroid dienone is 1. The first kappa shape index (κ1) is 16.8. The molecule has 2 aromatic heterocycles. The molecule has 0 aliphatic heterocycles. The Labute approximate surface area is 146 Å². The van der Waals surface area contributed by atoms with Gasteiger partial charge in [-0.05, 0) is 50.1 Å². The molecule has 0 atom stereocenters. The van der Waals surface area contributed by atoms with Crippen molar-refractivity contribution in [2.45, 2.75) is 20.8 Å². The minimum absolute atomic E-state index is 0.234. The lowest BCUT2D eigenvalue weighted by Crippen LogP contribution is -2.09. The molecule has 0 saturated carbocycles. The van der Waals surface area contributed by atoms with Gasteiger partial charge in [0.1, 0.15) is 17.2 Å². The van der Waals surface area contributed by atoms with E-state index in [0.717, 1.165) is 27.7 Å². The number of carbonyl (C=O) groups is 1. The van der Waals surface area contributed by atoms with Gasteiger partial charge in [-0.2, -0.15) is 0 Å². The van der Waals surface area contributed by atoms with E-state index >= 15 is 0 Å². The van der Waals surface area contributed by atoms with Crippen molar-refractivity contribution in [2.75, 3.05) is 11.9 Å². The molecule has 1 N–H and O–H groups in total. The number of hydrogen-bond acceptors (Lipinski definition) is 4. The zero-order valence-corrected chi connectivity index (χ0v) is 14.5. The standard InChI is InChI=1S/C20H20N2O3/c1-4-24-17-11-18-16(14(3)12-25-18)10-15(17)13(2)9-20(23)22-19-7-5-6-8-21-19/h5-12H,4H2,1-3H3,(H,21,22,23)/b13-9+. The largest absolute Gasteiger partial charge is 0.493 e. The zero-order chi connectivity index (χ0) is 17.8. The van der Waals surface area contributed by atoms with Gasteiger partial charge in [0.25, 0.3) is 0 Å². The Morgan fingerprint density at radius 1 is 1.36 bits per heavy atom. The van der Waals surface area contributed by atoms with Gasteiger partial charge in [0.15, 0.2) is 0 Å². The van der Waals surface area contributed by atoms with Crippen molar-refractivity contribution in [3.8, 4) is 5.75 Å². The van der Waals surface area contributed by atoms with E-state index in [9.17, 15) is 4.79 Å². The summed E-state index contributed by atoms with van der Waals surface area (Å²) in [5.74, 6) is 0.981. The van der Waals surface area contributed by atoms with Crippen molar-refractivity contribution in [2.24, 2.45) is 0 Å². The molecule has 128 valence electrons. The van der Waals surface area contributed by atoms with Crippen LogP contribution in [-0.4, -0.2) is 17.5 Å². The number of ether oxygens (including phenoxy) is 1. The van der Waals surface area contributed by atoms with E-state index in [4.69, 9.17) is 9.15 Å². The third kappa shape index (κ3) is 3.71. The summed E-state index contributed by atoms with van der Waals surface area (Å²) in [5, 5.41) is 3.76. The Hall–Kier alpha value is -3.08. The summed E-state index contributed by atoms with van der Waals surface area (Å²) >= 11 is 0. The lowest BCUT2D eigenvalue weighted by molar-refractivity contribution is -0.111. The number of carbonyl (C=O) groups excluding carboxylic acids is 1. The maximum atomic E-state index is 12.3. The first-order chi connectivity index (χ1) is 12.1. The van der Waals surface area contributed by atoms with Gasteiger partial charge in [0.2, 0.25) is 5.91 Å². The average Bonchev–Trinajstić information content (AvgIpc) is 2.95. The van der Waals surface area contributed by atoms with Crippen molar-refractivity contribution >= 4 is 28.3 Å². The molecule has 1 aromatic carbocycles. The minimum atomic E-state index is -0.234. The number of anilines is 1. The fourth-order valence-electron chi connectivity index (χ4n) is 2.64. The summed E-state index contributed by atoms with van der Waals surface area (Å²) in [6, 6.07) is 9.23. The molecule has 0 bridgehead atoms. The highest BCUT2D eigenvalue weighted by Gasteiger charge is 2.13. The van der Waals surface area contributed by atoms with Gasteiger partial charge in [-0.1, -0.05) is 6.07 Å². The van der Waals surface area contributed by atoms with Gasteiger partial charge < -0.3 is 14.5 Å². The van der Waals surface area contributed by atoms with Crippen LogP contribution < -0.4 is 10.1 Å². The van der Waals surface area contributed by atoms with Crippen molar-refractivity contribution in [3.05, 3.63) is 60.0 Å². The van der Waals surface area contributed by atoms with Crippen LogP contribution >= 0.6 is 0 Å². The Kier molecular flexibility index (Phi) is 4.84. The summed E-state index contributed by atoms with van der Waals surface area (Å²) < 4.78 is 11.3. The number of pyridine rings is 1. The smallest absolute Gasteiger partial charge is 0.249 e. The van der Waals surface area contributed by atoms with Gasteiger partial charge in [0.05, 0.1) is 12.9 Å². The topological polar surface area (TPSA) is 64.4 Å². The molecule has 0 unspecified atom stereocenters. The predicted molar refractivity (Wildman–Crippen MR) is 98.6 cm³/mol. The van der Waals surface area contributed by atoms with Crippen molar-refractivity contribution in [1.82, 2.24) is 4.98 Å². The van der Waals surface area contributed by atoms with Crippen LogP contribution in [0.25, 0.3) is 16.5 Å². The van der Waals surface area contributed by atoms with E-state index in [-0.39, 0.29) is 5.91 Å². The number of fused-ring (bicyclic) bond motifs is 1. The van der Waals surface area contributed by atoms with E-state index in [1.54, 1.807) is 30.7 Å². The number of amides is 1. The molecule has 0 spiro atoms. The lowest BCUT2D eigenvalue weighted by Gasteiger charge is -2.11. The van der Waals surface area contributed by atoms with Crippen LogP contribution in [0.2, 0.25) is 0 Å². The molecule has 0 aliphatic carbocycles. The highest BCUT2D eigenvalue weighted by atomic mass is 16.5. The van der Waals surface area contributed by atoms with Gasteiger partial charge in [-0.25, -0.2) is 4.98 Å². The number of furan rings is 1. The molecule has 0 saturated heterocycles. The van der Waals surface area contributed by atoms with Crippen molar-refractivity contribution in [3.63, 3.8) is 0 Å². The van der Waals surface area contributed by atoms with E-state index in [0.29, 0.717) is 18.2 Å². The lowest BCUT2D eigenvalue weighted by atomic mass is 10.0. The van der Waals surface area contributed by atoms with Crippen LogP contribution in [0.4, 0.5) is 5.82 Å². The second-order valence-corrected chi connectivity index (χ2v) is 5.73. The first-order valence-electron chi connectivity index (χ1n) is 8.14. The van der Waals surface area contributed by atoms with Crippen molar-refractivity contribution in [1.29, 1.82) is 0 Å². The second kappa shape index (κ2) is 7.21. The molecule has 5 nitrogen and oxygen atoms in total. The second-order valence-electron chi connectivity index (χ2n) is 5.73. The van der Waals surface area contributed by atoms with Crippen LogP contribution in [-0.2, 0) is 4.79 Å². The molecule has 3 rings (SSSR count). The summed E-state index contributed by atoms with van der Waals surface area (Å²) in [4.78, 5) is 16.4. The van der Waals surface area contributed by atoms with Crippen LogP contribution in [0, 0.1) is 6.92 Å². The quantitative estimate of drug-likeness (QED) is 0.693. The molecule has 2 heterocycles. The fourth-order valence-corrected chi connectivity index (χ4v) is 2.64. The first-order valence-corrected chi connectivity index (χ1v) is 8.14. The molecule has 0 fully saturated rings. The highest BCUT2D eigenvalue weighted by molar-refractivity contribution is 6.04. The number of benzene rings is 1. The van der Waals surface area contributed by atoms with E-state index in [1.165, 1.54) is 0 Å². The molecular formula is C20H20N2O3. The van der Waals surface area contributed by atoms with E-state index < -0.39 is 0 Å². The minimum Gasteiger partial charge on any atom is -0.493 e. The molecule has 3 aromatic rings. The van der Waals surface area contributed by atoms with Crippen LogP contribution in [0.1, 0.15) is 25.0 Å². The summed E-state index contributed by atoms with van der Waals surface area (Å²) in [6.45, 7) is 6.33. The van der Waals surface area contributed by atoms with Crippen LogP contribution in [0.3, 0.4) is 0 Å². The van der Waals surface area contributed by atoms with Gasteiger partial charge in [-0.3, -0.25) is 4.79 Å². The third-order valence-corrected chi connectivity index (χ3v) is 3.86. The Morgan fingerprint density at radius 2 is 2.20 bits per heavy atom. The van der Waals surface area contributed by atoms with E-state index in [2.05, 4.69) is 10.3 Å². The maximum Gasteiger partial charge on any atom is 0.249 e. The van der Waals surface area contributed by atoms with Crippen LogP contribution in [0.5, 0.6) is 5.75 Å². The number of aromatic nitrogens is 1. The van der Waals surface area contributed by atoms with Crippen molar-refractivity contribution < 1.29 is 13.9 Å². The molecular weight excluding hydrogens is 316 g/mol. The Balaban J connectivity index is 1.94. The Bertz CT molecular complexity index is 927. The van der Waals surface area contributed by atoms with Crippen LogP contribution in [0.15, 0.2) is 53.3 Å². The molecule has 5 heteroatoms. The zero-order valence-electron chi connectivity index (χ0n) is 14.5. The third-order valence-electron chi connectivity index (χ3n) is 3.86. The number of aryl methyl sites for hydroxylation is 1. The Morgan fingerprint density at radius 3 is 2.92 bits per heavy atom. The number of hydrogen-bond donors (Lipinski definition) is 1. The maximum absolute atomic E-state index is 12.3. The fraction of sp³-hybridized carbons (Fsp3) is 0.200. The number of nitrogens with zero attached hydrogens (tertiary/aromatic N) is 1. The molecule has 1 amide bonds. The predicted octanol–water partition coefficient (Wildman–Crippen LogP) is 4.58. The molecule has 0 radical (unpaired) electrons. The number of nitrogens with one attached hydrogen (secondary N) is 1. The number of rotatable bonds is 5. The molecule has 0 aliphatic rings. The van der Waals surface area contributed by atoms with Gasteiger partial charge in [0, 0.05) is 29.3 Å². The monoisotopic (exact) mass is 336 g/mol. The average molecular weight is 336 g/mol. The van der Waals surface area contributed by atoms with E-state index in [1.807, 2.05) is 39.0 Å². The van der Waals surface area contributed by atoms with Gasteiger partial charge in [-0.15, -0.1) is 0 Å². The van der Waals surface area contributed by atoms with Gasteiger partial charge >= 0.3 is 0 Å². The normalized spacial score (nSPS) is 11.6. The molecule has 25 heavy (non-hydrogen) atoms. The summed E-state index contributed by atoms with van der Waals surface area (Å²) in [5.41, 5.74) is 3.50. The highest BCUT2D eigenvalue weighted by Crippen LogP contribution is 2.33. The summed E-state index contributed by atoms with van der Waals surface area (Å²) in [6.07, 6.45) is 4.90. The summed E-state index contributed by atoms with van der Waals surface area (Å²) in [7, 11) is 0.